The average molecular weight is 534 g/mol. The van der Waals surface area contributed by atoms with Gasteiger partial charge in [0.2, 0.25) is 5.78 Å². The summed E-state index contributed by atoms with van der Waals surface area (Å²) in [5, 5.41) is 17.9. The van der Waals surface area contributed by atoms with E-state index in [-0.39, 0.29) is 11.3 Å². The number of rotatable bonds is 12. The van der Waals surface area contributed by atoms with Crippen molar-refractivity contribution in [3.63, 3.8) is 0 Å². The lowest BCUT2D eigenvalue weighted by Crippen LogP contribution is -2.12. The fourth-order valence-electron chi connectivity index (χ4n) is 4.03. The maximum Gasteiger partial charge on any atom is 0.335 e. The summed E-state index contributed by atoms with van der Waals surface area (Å²) < 4.78 is 1.86. The van der Waals surface area contributed by atoms with Crippen LogP contribution in [0.1, 0.15) is 86.1 Å². The van der Waals surface area contributed by atoms with E-state index in [0.717, 1.165) is 25.7 Å². The Bertz CT molecular complexity index is 1450. The molecule has 0 aliphatic rings. The fraction of sp³-hybridized carbons (Fsp3) is 0.310. The highest BCUT2D eigenvalue weighted by atomic mass is 16.7. The second-order valence-electron chi connectivity index (χ2n) is 9.02. The number of carboxylic acid groups (broad SMARTS) is 1. The monoisotopic (exact) mass is 533 g/mol. The normalized spacial score (nSPS) is 11.9. The third kappa shape index (κ3) is 7.47. The van der Waals surface area contributed by atoms with Crippen LogP contribution in [0.3, 0.4) is 0 Å². The van der Waals surface area contributed by atoms with E-state index in [1.807, 2.05) is 10.8 Å². The van der Waals surface area contributed by atoms with Gasteiger partial charge >= 0.3 is 17.9 Å². The third-order valence-corrected chi connectivity index (χ3v) is 5.96. The number of carboxylic acids is 1. The molecule has 3 aromatic rings. The van der Waals surface area contributed by atoms with Crippen LogP contribution < -0.4 is 0 Å². The van der Waals surface area contributed by atoms with E-state index in [1.165, 1.54) is 26.8 Å². The molecule has 10 heteroatoms. The summed E-state index contributed by atoms with van der Waals surface area (Å²) in [6.07, 6.45) is 6.28. The number of oxime groups is 2. The molecule has 0 saturated heterocycles. The van der Waals surface area contributed by atoms with Gasteiger partial charge in [-0.15, -0.1) is 0 Å². The zero-order valence-corrected chi connectivity index (χ0v) is 22.4. The maximum atomic E-state index is 12.6. The molecule has 10 nitrogen and oxygen atoms in total. The fourth-order valence-corrected chi connectivity index (χ4v) is 4.03. The molecule has 1 N–H and O–H groups in total. The van der Waals surface area contributed by atoms with Gasteiger partial charge in [-0.05, 0) is 62.2 Å². The first kappa shape index (κ1) is 29.0. The predicted octanol–water partition coefficient (Wildman–Crippen LogP) is 5.69. The molecule has 1 aromatic heterocycles. The number of Topliss-reactive ketones (excluding diaryl/α,β-unsaturated/α-hetero) is 1. The van der Waals surface area contributed by atoms with E-state index < -0.39 is 23.7 Å². The highest BCUT2D eigenvalue weighted by Gasteiger charge is 2.18. The molecule has 0 bridgehead atoms. The maximum absolute atomic E-state index is 12.6. The summed E-state index contributed by atoms with van der Waals surface area (Å²) in [4.78, 5) is 56.4. The SMILES string of the molecule is CCCCCC/C(=N\OC(C)=O)c1cn(-c2ccc(C(=O)/C(C)=N\OC(C)=O)cc2)c2ccc(C(=O)O)cc12. The lowest BCUT2D eigenvalue weighted by Gasteiger charge is -2.07. The first-order chi connectivity index (χ1) is 18.6. The Kier molecular flexibility index (Phi) is 9.86. The number of fused-ring (bicyclic) bond motifs is 1. The van der Waals surface area contributed by atoms with Crippen LogP contribution >= 0.6 is 0 Å². The van der Waals surface area contributed by atoms with Crippen LogP contribution in [0.15, 0.2) is 59.0 Å². The van der Waals surface area contributed by atoms with Gasteiger partial charge in [-0.25, -0.2) is 14.4 Å². The Morgan fingerprint density at radius 1 is 0.846 bits per heavy atom. The van der Waals surface area contributed by atoms with Crippen molar-refractivity contribution in [1.82, 2.24) is 4.57 Å². The van der Waals surface area contributed by atoms with Gasteiger partial charge in [0, 0.05) is 42.2 Å². The standard InChI is InChI=1S/C29H31N3O7/c1-5-6-7-8-9-26(31-39-20(4)34)25-17-32(27-15-12-22(29(36)37)16-24(25)27)23-13-10-21(11-14-23)28(35)18(2)30-38-19(3)33/h10-17H,5-9H2,1-4H3,(H,36,37)/b30-18-,31-26+. The molecule has 0 aliphatic carbocycles. The number of hydrogen-bond acceptors (Lipinski definition) is 8. The summed E-state index contributed by atoms with van der Waals surface area (Å²) in [6.45, 7) is 6.03. The highest BCUT2D eigenvalue weighted by molar-refractivity contribution is 6.45. The van der Waals surface area contributed by atoms with E-state index in [1.54, 1.807) is 36.4 Å². The number of carbonyl (C=O) groups is 4. The second-order valence-corrected chi connectivity index (χ2v) is 9.02. The lowest BCUT2D eigenvalue weighted by atomic mass is 10.0. The number of ketones is 1. The number of nitrogens with zero attached hydrogens (tertiary/aromatic N) is 3. The lowest BCUT2D eigenvalue weighted by molar-refractivity contribution is -0.141. The van der Waals surface area contributed by atoms with Crippen molar-refractivity contribution in [2.75, 3.05) is 0 Å². The van der Waals surface area contributed by atoms with Gasteiger partial charge in [-0.1, -0.05) is 36.5 Å². The number of unbranched alkanes of at least 4 members (excludes halogenated alkanes) is 3. The van der Waals surface area contributed by atoms with Gasteiger partial charge in [0.15, 0.2) is 0 Å². The predicted molar refractivity (Wildman–Crippen MR) is 147 cm³/mol. The van der Waals surface area contributed by atoms with Crippen molar-refractivity contribution in [3.8, 4) is 5.69 Å². The van der Waals surface area contributed by atoms with Crippen LogP contribution in [0.2, 0.25) is 0 Å². The van der Waals surface area contributed by atoms with E-state index in [0.29, 0.717) is 39.8 Å². The molecule has 3 rings (SSSR count). The minimum atomic E-state index is -1.06. The summed E-state index contributed by atoms with van der Waals surface area (Å²) in [7, 11) is 0. The van der Waals surface area contributed by atoms with Gasteiger partial charge in [-0.2, -0.15) is 0 Å². The molecule has 0 spiro atoms. The van der Waals surface area contributed by atoms with Gasteiger partial charge in [0.1, 0.15) is 5.71 Å². The Hall–Kier alpha value is -4.60. The van der Waals surface area contributed by atoms with Crippen LogP contribution in [0.4, 0.5) is 0 Å². The number of carbonyl (C=O) groups excluding carboxylic acids is 3. The molecule has 1 heterocycles. The van der Waals surface area contributed by atoms with Crippen molar-refractivity contribution in [2.24, 2.45) is 10.3 Å². The first-order valence-corrected chi connectivity index (χ1v) is 12.6. The smallest absolute Gasteiger partial charge is 0.335 e. The van der Waals surface area contributed by atoms with Gasteiger partial charge in [0.25, 0.3) is 0 Å². The summed E-state index contributed by atoms with van der Waals surface area (Å²) >= 11 is 0. The molecule has 39 heavy (non-hydrogen) atoms. The zero-order valence-electron chi connectivity index (χ0n) is 22.4. The minimum Gasteiger partial charge on any atom is -0.478 e. The molecule has 0 atom stereocenters. The average Bonchev–Trinajstić information content (AvgIpc) is 3.29. The molecule has 0 unspecified atom stereocenters. The largest absolute Gasteiger partial charge is 0.478 e. The van der Waals surface area contributed by atoms with Crippen molar-refractivity contribution >= 4 is 46.0 Å². The molecular formula is C29H31N3O7. The Balaban J connectivity index is 2.07. The van der Waals surface area contributed by atoms with Crippen molar-refractivity contribution < 1.29 is 34.0 Å². The quantitative estimate of drug-likeness (QED) is 0.104. The number of benzene rings is 2. The highest BCUT2D eigenvalue weighted by Crippen LogP contribution is 2.29. The van der Waals surface area contributed by atoms with Crippen molar-refractivity contribution in [2.45, 2.75) is 59.8 Å². The summed E-state index contributed by atoms with van der Waals surface area (Å²) in [5.74, 6) is -2.63. The Morgan fingerprint density at radius 2 is 1.49 bits per heavy atom. The molecule has 204 valence electrons. The van der Waals surface area contributed by atoms with Crippen LogP contribution in [-0.4, -0.2) is 44.8 Å². The molecule has 0 amide bonds. The Morgan fingerprint density at radius 3 is 2.10 bits per heavy atom. The number of hydrogen-bond donors (Lipinski definition) is 1. The summed E-state index contributed by atoms with van der Waals surface area (Å²) in [5.41, 5.74) is 3.10. The molecule has 0 radical (unpaired) electrons. The molecule has 0 aliphatic heterocycles. The van der Waals surface area contributed by atoms with E-state index in [4.69, 9.17) is 4.84 Å². The zero-order chi connectivity index (χ0) is 28.5. The Labute approximate surface area is 225 Å². The minimum absolute atomic E-state index is 0.0299. The topological polar surface area (TPSA) is 137 Å². The van der Waals surface area contributed by atoms with E-state index >= 15 is 0 Å². The first-order valence-electron chi connectivity index (χ1n) is 12.6. The van der Waals surface area contributed by atoms with E-state index in [2.05, 4.69) is 22.1 Å². The molecule has 0 fully saturated rings. The van der Waals surface area contributed by atoms with Gasteiger partial charge < -0.3 is 19.3 Å². The van der Waals surface area contributed by atoms with Gasteiger partial charge in [0.05, 0.1) is 16.8 Å². The van der Waals surface area contributed by atoms with Crippen LogP contribution in [0, 0.1) is 0 Å². The van der Waals surface area contributed by atoms with Crippen molar-refractivity contribution in [3.05, 3.63) is 65.4 Å². The number of aromatic carboxylic acids is 1. The van der Waals surface area contributed by atoms with Crippen LogP contribution in [0.5, 0.6) is 0 Å². The summed E-state index contributed by atoms with van der Waals surface area (Å²) in [6, 6.07) is 11.5. The molecule has 2 aromatic carbocycles. The molecular weight excluding hydrogens is 502 g/mol. The number of aromatic nitrogens is 1. The second kappa shape index (κ2) is 13.3. The van der Waals surface area contributed by atoms with Crippen molar-refractivity contribution in [1.29, 1.82) is 0 Å². The molecule has 0 saturated carbocycles. The third-order valence-electron chi connectivity index (χ3n) is 5.96. The van der Waals surface area contributed by atoms with Crippen LogP contribution in [-0.2, 0) is 19.3 Å². The van der Waals surface area contributed by atoms with E-state index in [9.17, 15) is 24.3 Å². The van der Waals surface area contributed by atoms with Gasteiger partial charge in [-0.3, -0.25) is 4.79 Å². The van der Waals surface area contributed by atoms with Crippen LogP contribution in [0.25, 0.3) is 16.6 Å².